The van der Waals surface area contributed by atoms with Crippen LogP contribution in [0.4, 0.5) is 11.4 Å². The van der Waals surface area contributed by atoms with Crippen LogP contribution >= 0.6 is 0 Å². The molecule has 1 aliphatic heterocycles. The number of nitro groups is 1. The van der Waals surface area contributed by atoms with Gasteiger partial charge in [-0.25, -0.2) is 4.90 Å². The third-order valence-electron chi connectivity index (χ3n) is 8.53. The molecular weight excluding hydrogens is 468 g/mol. The maximum absolute atomic E-state index is 14.4. The maximum atomic E-state index is 14.4. The average Bonchev–Trinajstić information content (AvgIpc) is 3.39. The molecule has 3 aliphatic rings. The molecule has 0 radical (unpaired) electrons. The Labute approximate surface area is 213 Å². The van der Waals surface area contributed by atoms with E-state index in [1.807, 2.05) is 67.6 Å². The van der Waals surface area contributed by atoms with Crippen molar-refractivity contribution in [3.05, 3.63) is 106 Å². The molecule has 184 valence electrons. The normalized spacial score (nSPS) is 28.3. The van der Waals surface area contributed by atoms with Crippen molar-refractivity contribution in [2.24, 2.45) is 22.7 Å². The van der Waals surface area contributed by atoms with Gasteiger partial charge in [0.15, 0.2) is 5.78 Å². The molecule has 1 saturated heterocycles. The number of carbonyl (C=O) groups is 3. The Hall–Kier alpha value is -4.39. The first kappa shape index (κ1) is 23.0. The molecule has 2 amide bonds. The number of imide groups is 1. The summed E-state index contributed by atoms with van der Waals surface area (Å²) in [5.74, 6) is -2.84. The number of hydrogen-bond donors (Lipinski definition) is 0. The third-order valence-corrected chi connectivity index (χ3v) is 8.53. The van der Waals surface area contributed by atoms with Gasteiger partial charge in [0.1, 0.15) is 0 Å². The Morgan fingerprint density at radius 1 is 0.811 bits per heavy atom. The molecule has 1 heterocycles. The number of Topliss-reactive ketones (excluding diaryl/α,β-unsaturated/α-hetero) is 1. The smallest absolute Gasteiger partial charge is 0.271 e. The van der Waals surface area contributed by atoms with Crippen molar-refractivity contribution >= 4 is 40.1 Å². The van der Waals surface area contributed by atoms with Crippen molar-refractivity contribution in [3.63, 3.8) is 0 Å². The molecule has 2 aliphatic carbocycles. The summed E-state index contributed by atoms with van der Waals surface area (Å²) in [5, 5.41) is 11.4. The summed E-state index contributed by atoms with van der Waals surface area (Å²) in [6.45, 7) is 3.69. The largest absolute Gasteiger partial charge is 0.298 e. The Balaban J connectivity index is 1.62. The molecular formula is C30H24N2O5. The number of anilines is 1. The molecule has 3 aromatic carbocycles. The summed E-state index contributed by atoms with van der Waals surface area (Å²) in [6.07, 6.45) is 0.352. The van der Waals surface area contributed by atoms with Gasteiger partial charge >= 0.3 is 0 Å². The number of ketones is 1. The number of fused-ring (bicyclic) bond motifs is 5. The third kappa shape index (κ3) is 2.74. The van der Waals surface area contributed by atoms with Crippen molar-refractivity contribution in [3.8, 4) is 0 Å². The van der Waals surface area contributed by atoms with Gasteiger partial charge in [-0.1, -0.05) is 73.7 Å². The summed E-state index contributed by atoms with van der Waals surface area (Å²) in [5.41, 5.74) is 0.824. The van der Waals surface area contributed by atoms with Crippen LogP contribution in [0.25, 0.3) is 11.1 Å². The molecule has 3 aromatic rings. The predicted molar refractivity (Wildman–Crippen MR) is 138 cm³/mol. The van der Waals surface area contributed by atoms with Gasteiger partial charge in [0.05, 0.1) is 33.3 Å². The molecule has 4 atom stereocenters. The molecule has 2 bridgehead atoms. The summed E-state index contributed by atoms with van der Waals surface area (Å²) in [7, 11) is 0. The zero-order chi connectivity index (χ0) is 26.1. The van der Waals surface area contributed by atoms with Crippen LogP contribution in [-0.2, 0) is 14.4 Å². The van der Waals surface area contributed by atoms with E-state index in [9.17, 15) is 24.5 Å². The Morgan fingerprint density at radius 2 is 1.38 bits per heavy atom. The highest BCUT2D eigenvalue weighted by atomic mass is 16.6. The van der Waals surface area contributed by atoms with Crippen LogP contribution in [0.1, 0.15) is 31.4 Å². The Bertz CT molecular complexity index is 1530. The zero-order valence-electron chi connectivity index (χ0n) is 20.4. The molecule has 7 heteroatoms. The molecule has 0 N–H and O–H groups in total. The van der Waals surface area contributed by atoms with E-state index in [0.29, 0.717) is 6.42 Å². The Morgan fingerprint density at radius 3 is 1.95 bits per heavy atom. The predicted octanol–water partition coefficient (Wildman–Crippen LogP) is 5.31. The second kappa shape index (κ2) is 7.80. The van der Waals surface area contributed by atoms with E-state index in [1.165, 1.54) is 24.3 Å². The van der Waals surface area contributed by atoms with Crippen molar-refractivity contribution < 1.29 is 19.3 Å². The monoisotopic (exact) mass is 492 g/mol. The van der Waals surface area contributed by atoms with E-state index in [0.717, 1.165) is 27.2 Å². The minimum absolute atomic E-state index is 0.101. The quantitative estimate of drug-likeness (QED) is 0.273. The number of nitrogens with zero attached hydrogens (tertiary/aromatic N) is 2. The van der Waals surface area contributed by atoms with Gasteiger partial charge in [-0.15, -0.1) is 0 Å². The van der Waals surface area contributed by atoms with E-state index in [-0.39, 0.29) is 17.2 Å². The van der Waals surface area contributed by atoms with E-state index in [1.54, 1.807) is 6.92 Å². The van der Waals surface area contributed by atoms with Crippen LogP contribution in [0, 0.1) is 32.8 Å². The molecule has 0 aromatic heterocycles. The van der Waals surface area contributed by atoms with Gasteiger partial charge in [-0.05, 0) is 41.7 Å². The fourth-order valence-electron chi connectivity index (χ4n) is 7.13. The fraction of sp³-hybridized carbons (Fsp3) is 0.233. The van der Waals surface area contributed by atoms with Crippen molar-refractivity contribution in [1.29, 1.82) is 0 Å². The molecule has 37 heavy (non-hydrogen) atoms. The van der Waals surface area contributed by atoms with Crippen molar-refractivity contribution in [1.82, 2.24) is 0 Å². The van der Waals surface area contributed by atoms with Crippen LogP contribution in [-0.4, -0.2) is 22.5 Å². The number of hydrogen-bond acceptors (Lipinski definition) is 5. The minimum Gasteiger partial charge on any atom is -0.298 e. The van der Waals surface area contributed by atoms with Gasteiger partial charge in [-0.3, -0.25) is 24.5 Å². The number of allylic oxidation sites excluding steroid dienone is 2. The van der Waals surface area contributed by atoms with Crippen LogP contribution in [0.2, 0.25) is 0 Å². The molecule has 0 spiro atoms. The molecule has 4 unspecified atom stereocenters. The lowest BCUT2D eigenvalue weighted by molar-refractivity contribution is -0.384. The summed E-state index contributed by atoms with van der Waals surface area (Å²) < 4.78 is 0. The van der Waals surface area contributed by atoms with E-state index in [2.05, 4.69) is 0 Å². The SMILES string of the molecule is CCC12C(=O)C(C)(C(c3ccccc3)=C1c1ccccc1)C1C(=O)N(c3cccc([N+](=O)[O-])c3)C(=O)C12. The average molecular weight is 493 g/mol. The van der Waals surface area contributed by atoms with E-state index >= 15 is 0 Å². The fourth-order valence-corrected chi connectivity index (χ4v) is 7.13. The van der Waals surface area contributed by atoms with Crippen LogP contribution in [0.15, 0.2) is 84.9 Å². The van der Waals surface area contributed by atoms with Gasteiger partial charge in [0, 0.05) is 12.1 Å². The van der Waals surface area contributed by atoms with E-state index < -0.39 is 39.4 Å². The number of rotatable bonds is 5. The van der Waals surface area contributed by atoms with Gasteiger partial charge < -0.3 is 0 Å². The number of non-ortho nitro benzene ring substituents is 1. The van der Waals surface area contributed by atoms with Crippen LogP contribution < -0.4 is 4.90 Å². The van der Waals surface area contributed by atoms with Crippen molar-refractivity contribution in [2.45, 2.75) is 20.3 Å². The lowest BCUT2D eigenvalue weighted by Gasteiger charge is -2.37. The number of benzene rings is 3. The Kier molecular flexibility index (Phi) is 4.86. The molecule has 2 fully saturated rings. The second-order valence-corrected chi connectivity index (χ2v) is 10.1. The van der Waals surface area contributed by atoms with Crippen LogP contribution in [0.3, 0.4) is 0 Å². The highest BCUT2D eigenvalue weighted by molar-refractivity contribution is 6.34. The van der Waals surface area contributed by atoms with Crippen LogP contribution in [0.5, 0.6) is 0 Å². The molecule has 6 rings (SSSR count). The van der Waals surface area contributed by atoms with Crippen molar-refractivity contribution in [2.75, 3.05) is 4.90 Å². The summed E-state index contributed by atoms with van der Waals surface area (Å²) in [6, 6.07) is 24.7. The zero-order valence-corrected chi connectivity index (χ0v) is 20.4. The maximum Gasteiger partial charge on any atom is 0.271 e. The molecule has 7 nitrogen and oxygen atoms in total. The first-order valence-electron chi connectivity index (χ1n) is 12.3. The molecule has 1 saturated carbocycles. The van der Waals surface area contributed by atoms with Gasteiger partial charge in [0.25, 0.3) is 5.69 Å². The van der Waals surface area contributed by atoms with Gasteiger partial charge in [-0.2, -0.15) is 0 Å². The summed E-state index contributed by atoms with van der Waals surface area (Å²) in [4.78, 5) is 54.5. The number of nitro benzene ring substituents is 1. The number of carbonyl (C=O) groups excluding carboxylic acids is 3. The minimum atomic E-state index is -1.23. The van der Waals surface area contributed by atoms with E-state index in [4.69, 9.17) is 0 Å². The second-order valence-electron chi connectivity index (χ2n) is 10.1. The lowest BCUT2D eigenvalue weighted by atomic mass is 9.62. The number of amides is 2. The highest BCUT2D eigenvalue weighted by Gasteiger charge is 2.79. The van der Waals surface area contributed by atoms with Gasteiger partial charge in [0.2, 0.25) is 11.8 Å². The topological polar surface area (TPSA) is 97.6 Å². The lowest BCUT2D eigenvalue weighted by Crippen LogP contribution is -2.41. The highest BCUT2D eigenvalue weighted by Crippen LogP contribution is 2.74. The summed E-state index contributed by atoms with van der Waals surface area (Å²) >= 11 is 0. The standard InChI is InChI=1S/C30H24N2O5/c1-3-30-23(19-13-8-5-9-14-19)22(18-11-6-4-7-12-18)29(2,28(30)35)24-25(30)27(34)31(26(24)33)20-15-10-16-21(17-20)32(36)37/h4-17,24-25H,3H2,1-2H3. The first-order valence-corrected chi connectivity index (χ1v) is 12.3. The first-order chi connectivity index (χ1) is 17.8.